The maximum atomic E-state index is 13.4. The number of fused-ring (bicyclic) bond motifs is 1. The summed E-state index contributed by atoms with van der Waals surface area (Å²) in [5.41, 5.74) is 1.10. The number of piperidine rings is 2. The number of imide groups is 2. The summed E-state index contributed by atoms with van der Waals surface area (Å²) >= 11 is 0. The van der Waals surface area contributed by atoms with Crippen LogP contribution in [0.4, 0.5) is 5.69 Å². The molecule has 15 nitrogen and oxygen atoms in total. The molecule has 1 aromatic carbocycles. The lowest BCUT2D eigenvalue weighted by molar-refractivity contribution is -0.149. The summed E-state index contributed by atoms with van der Waals surface area (Å²) in [5.74, 6) is -2.77. The van der Waals surface area contributed by atoms with Crippen LogP contribution in [0.15, 0.2) is 18.2 Å². The van der Waals surface area contributed by atoms with E-state index in [1.807, 2.05) is 11.8 Å². The zero-order chi connectivity index (χ0) is 34.3. The molecule has 2 N–H and O–H groups in total. The summed E-state index contributed by atoms with van der Waals surface area (Å²) in [6, 6.07) is 4.04. The van der Waals surface area contributed by atoms with Crippen LogP contribution in [-0.4, -0.2) is 126 Å². The van der Waals surface area contributed by atoms with E-state index in [2.05, 4.69) is 10.6 Å². The summed E-state index contributed by atoms with van der Waals surface area (Å²) in [4.78, 5) is 77.7. The Balaban J connectivity index is 1.05. The van der Waals surface area contributed by atoms with Crippen LogP contribution in [0.5, 0.6) is 0 Å². The number of ether oxygens (including phenoxy) is 5. The summed E-state index contributed by atoms with van der Waals surface area (Å²) in [6.07, 6.45) is 3.10. The van der Waals surface area contributed by atoms with E-state index in [0.717, 1.165) is 17.7 Å². The lowest BCUT2D eigenvalue weighted by Gasteiger charge is -2.34. The Hall–Kier alpha value is -3.92. The number of rotatable bonds is 20. The predicted molar refractivity (Wildman–Crippen MR) is 170 cm³/mol. The fourth-order valence-electron chi connectivity index (χ4n) is 5.72. The predicted octanol–water partition coefficient (Wildman–Crippen LogP) is 0.830. The van der Waals surface area contributed by atoms with Gasteiger partial charge in [0.1, 0.15) is 12.6 Å². The van der Waals surface area contributed by atoms with E-state index in [1.54, 1.807) is 18.2 Å². The number of benzene rings is 1. The van der Waals surface area contributed by atoms with E-state index in [1.165, 1.54) is 0 Å². The van der Waals surface area contributed by atoms with Gasteiger partial charge in [-0.25, -0.2) is 4.79 Å². The number of esters is 1. The standard InChI is InChI=1S/C33H46N4O11/c1-2-3-14-48-28(39)22-47-21-20-46-19-18-45-17-16-44-15-11-34-30(40)23-9-12-36(13-10-23)25-6-4-5-24-29(25)33(43)37(32(24)42)26-7-8-27(38)35-31(26)41/h4-6,23,26H,2-3,7-22H2,1H3,(H,34,40)(H,35,38,41). The van der Waals surface area contributed by atoms with Crippen molar-refractivity contribution in [2.45, 2.75) is 51.5 Å². The maximum Gasteiger partial charge on any atom is 0.332 e. The summed E-state index contributed by atoms with van der Waals surface area (Å²) in [7, 11) is 0. The van der Waals surface area contributed by atoms with Crippen molar-refractivity contribution in [1.29, 1.82) is 0 Å². The van der Waals surface area contributed by atoms with Crippen LogP contribution in [-0.2, 0) is 42.9 Å². The highest BCUT2D eigenvalue weighted by atomic mass is 16.6. The van der Waals surface area contributed by atoms with Crippen LogP contribution in [0.3, 0.4) is 0 Å². The molecule has 0 spiro atoms. The number of carbonyl (C=O) groups is 6. The summed E-state index contributed by atoms with van der Waals surface area (Å²) < 4.78 is 26.6. The molecule has 5 amide bonds. The first-order valence-electron chi connectivity index (χ1n) is 16.7. The van der Waals surface area contributed by atoms with Crippen molar-refractivity contribution in [1.82, 2.24) is 15.5 Å². The molecule has 0 bridgehead atoms. The Morgan fingerprint density at radius 2 is 1.52 bits per heavy atom. The largest absolute Gasteiger partial charge is 0.464 e. The Labute approximate surface area is 279 Å². The van der Waals surface area contributed by atoms with Gasteiger partial charge in [-0.05, 0) is 37.8 Å². The molecule has 4 rings (SSSR count). The van der Waals surface area contributed by atoms with Gasteiger partial charge < -0.3 is 33.9 Å². The van der Waals surface area contributed by atoms with Gasteiger partial charge in [-0.1, -0.05) is 19.4 Å². The second kappa shape index (κ2) is 19.2. The van der Waals surface area contributed by atoms with E-state index < -0.39 is 29.7 Å². The van der Waals surface area contributed by atoms with E-state index >= 15 is 0 Å². The zero-order valence-corrected chi connectivity index (χ0v) is 27.5. The van der Waals surface area contributed by atoms with Crippen molar-refractivity contribution in [3.8, 4) is 0 Å². The van der Waals surface area contributed by atoms with Crippen molar-refractivity contribution in [2.75, 3.05) is 84.0 Å². The first-order valence-corrected chi connectivity index (χ1v) is 16.7. The molecule has 2 saturated heterocycles. The minimum absolute atomic E-state index is 0.0578. The van der Waals surface area contributed by atoms with Gasteiger partial charge >= 0.3 is 5.97 Å². The Morgan fingerprint density at radius 3 is 2.19 bits per heavy atom. The summed E-state index contributed by atoms with van der Waals surface area (Å²) in [6.45, 7) is 6.30. The molecule has 3 aliphatic heterocycles. The van der Waals surface area contributed by atoms with Gasteiger partial charge in [0.05, 0.1) is 69.7 Å². The number of hydrogen-bond acceptors (Lipinski definition) is 12. The molecule has 2 fully saturated rings. The van der Waals surface area contributed by atoms with Gasteiger partial charge in [-0.15, -0.1) is 0 Å². The van der Waals surface area contributed by atoms with Crippen LogP contribution in [0.2, 0.25) is 0 Å². The second-order valence-electron chi connectivity index (χ2n) is 11.7. The van der Waals surface area contributed by atoms with Gasteiger partial charge in [0, 0.05) is 32.0 Å². The monoisotopic (exact) mass is 674 g/mol. The normalized spacial score (nSPS) is 18.2. The van der Waals surface area contributed by atoms with Crippen molar-refractivity contribution in [3.05, 3.63) is 29.3 Å². The molecule has 0 aromatic heterocycles. The number of carbonyl (C=O) groups excluding carboxylic acids is 6. The number of nitrogens with zero attached hydrogens (tertiary/aromatic N) is 2. The van der Waals surface area contributed by atoms with Gasteiger partial charge in [-0.2, -0.15) is 0 Å². The van der Waals surface area contributed by atoms with Crippen LogP contribution >= 0.6 is 0 Å². The topological polar surface area (TPSA) is 179 Å². The number of amides is 5. The minimum Gasteiger partial charge on any atom is -0.464 e. The zero-order valence-electron chi connectivity index (χ0n) is 27.5. The third-order valence-corrected chi connectivity index (χ3v) is 8.30. The van der Waals surface area contributed by atoms with Crippen LogP contribution in [0, 0.1) is 5.92 Å². The molecule has 264 valence electrons. The van der Waals surface area contributed by atoms with Crippen molar-refractivity contribution < 1.29 is 52.5 Å². The molecule has 15 heteroatoms. The van der Waals surface area contributed by atoms with Gasteiger partial charge in [0.2, 0.25) is 17.7 Å². The quantitative estimate of drug-likeness (QED) is 0.113. The Kier molecular flexibility index (Phi) is 14.7. The van der Waals surface area contributed by atoms with Gasteiger partial charge in [0.15, 0.2) is 0 Å². The number of unbranched alkanes of at least 4 members (excludes halogenated alkanes) is 1. The fraction of sp³-hybridized carbons (Fsp3) is 0.636. The van der Waals surface area contributed by atoms with E-state index in [-0.39, 0.29) is 48.4 Å². The van der Waals surface area contributed by atoms with E-state index in [0.29, 0.717) is 91.0 Å². The Morgan fingerprint density at radius 1 is 0.854 bits per heavy atom. The molecule has 1 unspecified atom stereocenters. The molecule has 1 aromatic rings. The highest BCUT2D eigenvalue weighted by Crippen LogP contribution is 2.35. The van der Waals surface area contributed by atoms with Crippen LogP contribution in [0.1, 0.15) is 66.2 Å². The molecule has 3 heterocycles. The van der Waals surface area contributed by atoms with Gasteiger partial charge in [-0.3, -0.25) is 34.2 Å². The van der Waals surface area contributed by atoms with Crippen molar-refractivity contribution >= 4 is 41.2 Å². The smallest absolute Gasteiger partial charge is 0.332 e. The molecule has 0 aliphatic carbocycles. The molecular weight excluding hydrogens is 628 g/mol. The van der Waals surface area contributed by atoms with E-state index in [4.69, 9.17) is 23.7 Å². The third kappa shape index (κ3) is 10.3. The molecule has 3 aliphatic rings. The number of hydrogen-bond donors (Lipinski definition) is 2. The lowest BCUT2D eigenvalue weighted by Crippen LogP contribution is -2.54. The average Bonchev–Trinajstić information content (AvgIpc) is 3.34. The van der Waals surface area contributed by atoms with Gasteiger partial charge in [0.25, 0.3) is 11.8 Å². The first kappa shape index (κ1) is 36.9. The van der Waals surface area contributed by atoms with E-state index in [9.17, 15) is 28.8 Å². The number of nitrogens with one attached hydrogen (secondary N) is 2. The Bertz CT molecular complexity index is 1300. The molecular formula is C33H46N4O11. The third-order valence-electron chi connectivity index (χ3n) is 8.30. The second-order valence-corrected chi connectivity index (χ2v) is 11.7. The maximum absolute atomic E-state index is 13.4. The number of anilines is 1. The molecule has 0 radical (unpaired) electrons. The molecule has 0 saturated carbocycles. The highest BCUT2D eigenvalue weighted by molar-refractivity contribution is 6.25. The highest BCUT2D eigenvalue weighted by Gasteiger charge is 2.46. The molecule has 1 atom stereocenters. The SMILES string of the molecule is CCCCOC(=O)COCCOCCOCCOCCNC(=O)C1CCN(c2cccc3c2C(=O)N(C2CCC(=O)NC2=O)C3=O)CC1. The van der Waals surface area contributed by atoms with Crippen LogP contribution < -0.4 is 15.5 Å². The van der Waals surface area contributed by atoms with Crippen molar-refractivity contribution in [2.24, 2.45) is 5.92 Å². The summed E-state index contributed by atoms with van der Waals surface area (Å²) in [5, 5.41) is 5.13. The molecule has 48 heavy (non-hydrogen) atoms. The fourth-order valence-corrected chi connectivity index (χ4v) is 5.72. The minimum atomic E-state index is -1.02. The first-order chi connectivity index (χ1) is 23.3. The van der Waals surface area contributed by atoms with Crippen molar-refractivity contribution in [3.63, 3.8) is 0 Å². The average molecular weight is 675 g/mol. The van der Waals surface area contributed by atoms with Crippen LogP contribution in [0.25, 0.3) is 0 Å². The lowest BCUT2D eigenvalue weighted by atomic mass is 9.94.